The highest BCUT2D eigenvalue weighted by Gasteiger charge is 2.74. The van der Waals surface area contributed by atoms with Gasteiger partial charge in [-0.05, 0) is 68.4 Å². The molecule has 5 rings (SSSR count). The Labute approximate surface area is 257 Å². The van der Waals surface area contributed by atoms with Crippen LogP contribution in [0.4, 0.5) is 39.5 Å². The topological polar surface area (TPSA) is 101 Å². The molecule has 0 aromatic heterocycles. The van der Waals surface area contributed by atoms with Gasteiger partial charge >= 0.3 is 18.0 Å². The van der Waals surface area contributed by atoms with Gasteiger partial charge in [0.1, 0.15) is 22.9 Å². The number of nitrogens with zero attached hydrogens (tertiary/aromatic N) is 1. The molecule has 1 saturated heterocycles. The molecule has 2 unspecified atom stereocenters. The third kappa shape index (κ3) is 5.47. The number of ether oxygens (including phenoxy) is 1. The summed E-state index contributed by atoms with van der Waals surface area (Å²) in [5, 5.41) is 6.89. The van der Waals surface area contributed by atoms with Crippen molar-refractivity contribution in [3.05, 3.63) is 59.4 Å². The largest absolute Gasteiger partial charge is 0.491 e. The third-order valence-corrected chi connectivity index (χ3v) is 11.5. The van der Waals surface area contributed by atoms with E-state index in [2.05, 4.69) is 0 Å². The van der Waals surface area contributed by atoms with Crippen molar-refractivity contribution in [3.63, 3.8) is 0 Å². The molecule has 0 bridgehead atoms. The van der Waals surface area contributed by atoms with Crippen LogP contribution in [-0.4, -0.2) is 68.0 Å². The summed E-state index contributed by atoms with van der Waals surface area (Å²) in [5.74, 6) is -2.41. The molecular weight excluding hydrogens is 661 g/mol. The average molecular weight is 690 g/mol. The Bertz CT molecular complexity index is 1560. The number of hydrogen-bond acceptors (Lipinski definition) is 5. The normalized spacial score (nSPS) is 26.6. The standard InChI is InChI=1S/C28H26F9NO4S.CH2O2/c1-16-8-10-24(30,11-9-16)23(39)38-13-12-25(43(40,41)19-5-3-18(29)4-6-19)20-7-2-17(14-21(20)42-15-22(25)38)26(31,27(32,33)34)28(35,36)37;2-1-3/h2-7,14,16,22H,8-13,15H2,1H3;1H,(H,2,3). The minimum atomic E-state index is -6.43. The van der Waals surface area contributed by atoms with E-state index in [1.165, 1.54) is 0 Å². The molecule has 2 fully saturated rings. The molecular formula is C29H28F9NO6S. The molecule has 1 N–H and O–H groups in total. The van der Waals surface area contributed by atoms with Crippen molar-refractivity contribution >= 4 is 22.2 Å². The predicted octanol–water partition coefficient (Wildman–Crippen LogP) is 6.40. The number of amides is 1. The first-order chi connectivity index (χ1) is 21.2. The number of carboxylic acid groups (broad SMARTS) is 1. The zero-order chi connectivity index (χ0) is 34.5. The fraction of sp³-hybridized carbons (Fsp3) is 0.517. The molecule has 0 spiro atoms. The van der Waals surface area contributed by atoms with Crippen molar-refractivity contribution in [2.75, 3.05) is 13.2 Å². The number of halogens is 9. The van der Waals surface area contributed by atoms with Crippen molar-refractivity contribution in [2.24, 2.45) is 5.92 Å². The summed E-state index contributed by atoms with van der Waals surface area (Å²) >= 11 is 0. The van der Waals surface area contributed by atoms with Crippen LogP contribution in [0, 0.1) is 11.7 Å². The lowest BCUT2D eigenvalue weighted by atomic mass is 9.79. The number of carbonyl (C=O) groups is 2. The first-order valence-corrected chi connectivity index (χ1v) is 15.4. The fourth-order valence-electron chi connectivity index (χ4n) is 6.48. The summed E-state index contributed by atoms with van der Waals surface area (Å²) in [7, 11) is -4.72. The second kappa shape index (κ2) is 11.9. The highest BCUT2D eigenvalue weighted by Crippen LogP contribution is 2.57. The highest BCUT2D eigenvalue weighted by molar-refractivity contribution is 7.92. The Morgan fingerprint density at radius 2 is 1.52 bits per heavy atom. The lowest BCUT2D eigenvalue weighted by Crippen LogP contribution is -2.58. The van der Waals surface area contributed by atoms with Crippen molar-refractivity contribution in [1.82, 2.24) is 4.90 Å². The summed E-state index contributed by atoms with van der Waals surface area (Å²) in [6, 6.07) is 2.99. The van der Waals surface area contributed by atoms with Gasteiger partial charge < -0.3 is 14.7 Å². The molecule has 7 nitrogen and oxygen atoms in total. The van der Waals surface area contributed by atoms with E-state index in [1.54, 1.807) is 0 Å². The molecule has 2 aromatic carbocycles. The summed E-state index contributed by atoms with van der Waals surface area (Å²) < 4.78 is 157. The van der Waals surface area contributed by atoms with Crippen LogP contribution in [0.5, 0.6) is 5.75 Å². The molecule has 17 heteroatoms. The number of likely N-dealkylation sites (tertiary alicyclic amines) is 1. The van der Waals surface area contributed by atoms with E-state index < -0.39 is 90.8 Å². The van der Waals surface area contributed by atoms with E-state index in [0.717, 1.165) is 29.2 Å². The SMILES string of the molecule is CC1CCC(F)(C(=O)N2CCC3(S(=O)(=O)c4ccc(F)cc4)c4ccc(C(F)(C(F)(F)F)C(F)(F)F)cc4OCC23)CC1.O=CO. The van der Waals surface area contributed by atoms with Gasteiger partial charge in [-0.2, -0.15) is 26.3 Å². The molecule has 2 atom stereocenters. The molecule has 3 aliphatic rings. The highest BCUT2D eigenvalue weighted by atomic mass is 32.2. The van der Waals surface area contributed by atoms with E-state index in [0.29, 0.717) is 18.9 Å². The maximum atomic E-state index is 16.0. The number of benzene rings is 2. The average Bonchev–Trinajstić information content (AvgIpc) is 3.39. The van der Waals surface area contributed by atoms with Gasteiger partial charge in [0, 0.05) is 17.7 Å². The fourth-order valence-corrected chi connectivity index (χ4v) is 8.76. The van der Waals surface area contributed by atoms with E-state index in [9.17, 15) is 48.3 Å². The lowest BCUT2D eigenvalue weighted by molar-refractivity contribution is -0.348. The number of alkyl halides is 8. The van der Waals surface area contributed by atoms with Gasteiger partial charge in [-0.15, -0.1) is 0 Å². The lowest BCUT2D eigenvalue weighted by Gasteiger charge is -2.44. The monoisotopic (exact) mass is 689 g/mol. The van der Waals surface area contributed by atoms with Crippen LogP contribution in [0.2, 0.25) is 0 Å². The van der Waals surface area contributed by atoms with Crippen LogP contribution in [0.25, 0.3) is 0 Å². The van der Waals surface area contributed by atoms with Crippen LogP contribution in [0.3, 0.4) is 0 Å². The number of rotatable bonds is 4. The van der Waals surface area contributed by atoms with Gasteiger partial charge in [-0.3, -0.25) is 9.59 Å². The minimum absolute atomic E-state index is 0.123. The van der Waals surface area contributed by atoms with Gasteiger partial charge in [0.25, 0.3) is 12.4 Å². The number of hydrogen-bond donors (Lipinski definition) is 1. The van der Waals surface area contributed by atoms with Crippen molar-refractivity contribution in [3.8, 4) is 5.75 Å². The van der Waals surface area contributed by atoms with Crippen LogP contribution in [0.1, 0.15) is 50.2 Å². The van der Waals surface area contributed by atoms with Crippen LogP contribution in [0.15, 0.2) is 47.4 Å². The number of carbonyl (C=O) groups excluding carboxylic acids is 1. The molecule has 1 aliphatic carbocycles. The molecule has 1 amide bonds. The van der Waals surface area contributed by atoms with Gasteiger partial charge in [-0.1, -0.05) is 19.1 Å². The smallest absolute Gasteiger partial charge is 0.435 e. The Hall–Kier alpha value is -3.50. The molecule has 0 radical (unpaired) electrons. The van der Waals surface area contributed by atoms with E-state index in [1.807, 2.05) is 6.92 Å². The molecule has 46 heavy (non-hydrogen) atoms. The zero-order valence-corrected chi connectivity index (χ0v) is 24.8. The summed E-state index contributed by atoms with van der Waals surface area (Å²) in [5.41, 5.74) is -10.4. The van der Waals surface area contributed by atoms with Crippen LogP contribution in [-0.2, 0) is 29.8 Å². The van der Waals surface area contributed by atoms with Gasteiger partial charge in [-0.25, -0.2) is 21.6 Å². The summed E-state index contributed by atoms with van der Waals surface area (Å²) in [6.07, 6.45) is -12.8. The zero-order valence-electron chi connectivity index (χ0n) is 24.0. The maximum Gasteiger partial charge on any atom is 0.435 e. The molecule has 2 aliphatic heterocycles. The van der Waals surface area contributed by atoms with E-state index >= 15 is 4.39 Å². The summed E-state index contributed by atoms with van der Waals surface area (Å²) in [4.78, 5) is 22.5. The van der Waals surface area contributed by atoms with E-state index in [-0.39, 0.29) is 43.9 Å². The van der Waals surface area contributed by atoms with Gasteiger partial charge in [0.2, 0.25) is 0 Å². The van der Waals surface area contributed by atoms with Crippen LogP contribution < -0.4 is 4.74 Å². The molecule has 254 valence electrons. The first-order valence-electron chi connectivity index (χ1n) is 13.9. The van der Waals surface area contributed by atoms with Crippen LogP contribution >= 0.6 is 0 Å². The van der Waals surface area contributed by atoms with E-state index in [4.69, 9.17) is 14.6 Å². The molecule has 2 aromatic rings. The van der Waals surface area contributed by atoms with Crippen molar-refractivity contribution < 1.29 is 67.4 Å². The minimum Gasteiger partial charge on any atom is -0.491 e. The quantitative estimate of drug-likeness (QED) is 0.227. The first kappa shape index (κ1) is 35.4. The Kier molecular flexibility index (Phi) is 9.18. The maximum absolute atomic E-state index is 16.0. The number of fused-ring (bicyclic) bond motifs is 3. The van der Waals surface area contributed by atoms with Crippen molar-refractivity contribution in [1.29, 1.82) is 0 Å². The predicted molar refractivity (Wildman–Crippen MR) is 142 cm³/mol. The second-order valence-corrected chi connectivity index (χ2v) is 13.7. The van der Waals surface area contributed by atoms with Crippen molar-refractivity contribution in [2.45, 2.75) is 78.4 Å². The Morgan fingerprint density at radius 1 is 0.978 bits per heavy atom. The molecule has 1 saturated carbocycles. The second-order valence-electron chi connectivity index (χ2n) is 11.5. The van der Waals surface area contributed by atoms with Gasteiger partial charge in [0.15, 0.2) is 15.5 Å². The summed E-state index contributed by atoms with van der Waals surface area (Å²) in [6.45, 7) is 0.546. The Balaban J connectivity index is 0.00000154. The molecule has 2 heterocycles. The number of sulfone groups is 1. The third-order valence-electron chi connectivity index (χ3n) is 8.97. The Morgan fingerprint density at radius 3 is 2.04 bits per heavy atom. The van der Waals surface area contributed by atoms with Gasteiger partial charge in [0.05, 0.1) is 10.9 Å².